The van der Waals surface area contributed by atoms with Gasteiger partial charge in [0.15, 0.2) is 0 Å². The number of hydrogen-bond acceptors (Lipinski definition) is 7. The Balaban J connectivity index is 1.80. The van der Waals surface area contributed by atoms with Gasteiger partial charge in [0.2, 0.25) is 17.6 Å². The molecular weight excluding hydrogens is 587 g/mol. The molecule has 1 aliphatic heterocycles. The zero-order valence-corrected chi connectivity index (χ0v) is 26.5. The van der Waals surface area contributed by atoms with Gasteiger partial charge in [0.05, 0.1) is 12.1 Å². The van der Waals surface area contributed by atoms with Crippen molar-refractivity contribution < 1.29 is 43.0 Å². The Hall–Kier alpha value is -4.03. The van der Waals surface area contributed by atoms with Gasteiger partial charge in [-0.3, -0.25) is 19.2 Å². The lowest BCUT2D eigenvalue weighted by Crippen LogP contribution is -2.59. The maximum atomic E-state index is 14.9. The minimum atomic E-state index is -1.38. The summed E-state index contributed by atoms with van der Waals surface area (Å²) in [6.45, 7) is 8.47. The van der Waals surface area contributed by atoms with Crippen molar-refractivity contribution in [2.75, 3.05) is 6.54 Å². The van der Waals surface area contributed by atoms with Gasteiger partial charge in [-0.25, -0.2) is 14.0 Å². The lowest BCUT2D eigenvalue weighted by molar-refractivity contribution is -0.146. The van der Waals surface area contributed by atoms with E-state index < -0.39 is 89.8 Å². The van der Waals surface area contributed by atoms with Crippen molar-refractivity contribution in [1.82, 2.24) is 20.9 Å². The van der Waals surface area contributed by atoms with Crippen molar-refractivity contribution in [3.8, 4) is 0 Å². The molecule has 12 nitrogen and oxygen atoms in total. The third kappa shape index (κ3) is 9.01. The van der Waals surface area contributed by atoms with Crippen LogP contribution >= 0.6 is 0 Å². The summed E-state index contributed by atoms with van der Waals surface area (Å²) in [5.41, 5.74) is 0.644. The van der Waals surface area contributed by atoms with E-state index >= 15 is 0 Å². The van der Waals surface area contributed by atoms with Gasteiger partial charge in [-0.1, -0.05) is 57.5 Å². The van der Waals surface area contributed by atoms with E-state index in [0.29, 0.717) is 18.4 Å². The van der Waals surface area contributed by atoms with E-state index in [1.165, 1.54) is 4.90 Å². The van der Waals surface area contributed by atoms with E-state index in [0.717, 1.165) is 0 Å². The predicted molar refractivity (Wildman–Crippen MR) is 162 cm³/mol. The largest absolute Gasteiger partial charge is 0.480 e. The van der Waals surface area contributed by atoms with E-state index in [4.69, 9.17) is 4.74 Å². The van der Waals surface area contributed by atoms with Crippen LogP contribution in [-0.2, 0) is 35.1 Å². The van der Waals surface area contributed by atoms with Crippen LogP contribution in [0.2, 0.25) is 0 Å². The number of carboxylic acids is 1. The molecule has 1 aromatic carbocycles. The lowest BCUT2D eigenvalue weighted by Gasteiger charge is -2.32. The van der Waals surface area contributed by atoms with Crippen molar-refractivity contribution >= 4 is 35.6 Å². The number of amides is 4. The summed E-state index contributed by atoms with van der Waals surface area (Å²) in [5, 5.41) is 17.1. The highest BCUT2D eigenvalue weighted by Crippen LogP contribution is 2.44. The molecule has 1 aliphatic carbocycles. The minimum Gasteiger partial charge on any atom is -0.480 e. The van der Waals surface area contributed by atoms with Gasteiger partial charge in [-0.2, -0.15) is 0 Å². The van der Waals surface area contributed by atoms with Gasteiger partial charge in [0.25, 0.3) is 5.91 Å². The van der Waals surface area contributed by atoms with Crippen molar-refractivity contribution in [1.29, 1.82) is 0 Å². The lowest BCUT2D eigenvalue weighted by atomic mass is 9.92. The summed E-state index contributed by atoms with van der Waals surface area (Å²) in [6, 6.07) is 3.74. The number of rotatable bonds is 14. The number of ether oxygens (including phenoxy) is 1. The number of carboxylic acid groups (broad SMARTS) is 1. The second kappa shape index (κ2) is 15.8. The SMILES string of the molecule is CCCC(NC(=O)[C@@H]1[C@H]2CCC(F)[C@H]2CN1C(=O)[C@@H](NC(=O)OC(C)C)C(C)C)C(=O)C(=O)N[C@H](Cc1ccccc1)C(=O)O. The molecule has 7 atom stereocenters. The van der Waals surface area contributed by atoms with E-state index in [-0.39, 0.29) is 25.8 Å². The molecule has 45 heavy (non-hydrogen) atoms. The number of nitrogens with one attached hydrogen (secondary N) is 3. The fraction of sp³-hybridized carbons (Fsp3) is 0.625. The molecule has 0 spiro atoms. The summed E-state index contributed by atoms with van der Waals surface area (Å²) in [7, 11) is 0. The molecule has 1 aromatic rings. The van der Waals surface area contributed by atoms with Crippen molar-refractivity contribution in [3.63, 3.8) is 0 Å². The van der Waals surface area contributed by atoms with E-state index in [2.05, 4.69) is 16.0 Å². The molecule has 3 rings (SSSR count). The van der Waals surface area contributed by atoms with Crippen LogP contribution in [0.25, 0.3) is 0 Å². The molecule has 1 saturated carbocycles. The monoisotopic (exact) mass is 632 g/mol. The third-order valence-electron chi connectivity index (χ3n) is 8.36. The zero-order chi connectivity index (χ0) is 33.4. The molecule has 2 unspecified atom stereocenters. The Morgan fingerprint density at radius 3 is 2.20 bits per heavy atom. The summed E-state index contributed by atoms with van der Waals surface area (Å²) in [6.07, 6.45) is -1.46. The van der Waals surface area contributed by atoms with Crippen LogP contribution in [0.5, 0.6) is 0 Å². The molecule has 0 bridgehead atoms. The number of fused-ring (bicyclic) bond motifs is 1. The standard InChI is InChI=1S/C32H45FN4O8/c1-6-10-23(27(38)29(40)35-24(31(42)43)15-19-11-8-7-9-12-19)34-28(39)26-20-13-14-22(33)21(20)16-37(26)30(41)25(17(2)3)36-32(44)45-18(4)5/h7-9,11-12,17-18,20-26H,6,10,13-16H2,1-5H3,(H,34,39)(H,35,40)(H,36,44)(H,42,43)/t20-,21-,22?,23?,24+,25-,26-/m0/s1. The first-order valence-corrected chi connectivity index (χ1v) is 15.6. The second-order valence-corrected chi connectivity index (χ2v) is 12.4. The van der Waals surface area contributed by atoms with Crippen LogP contribution in [-0.4, -0.2) is 88.6 Å². The van der Waals surface area contributed by atoms with Gasteiger partial charge in [0.1, 0.15) is 24.3 Å². The number of aliphatic carboxylic acids is 1. The number of hydrogen-bond donors (Lipinski definition) is 4. The molecule has 4 N–H and O–H groups in total. The topological polar surface area (TPSA) is 171 Å². The van der Waals surface area contributed by atoms with Crippen LogP contribution in [0, 0.1) is 17.8 Å². The number of alkyl carbamates (subject to hydrolysis) is 1. The maximum absolute atomic E-state index is 14.9. The number of alkyl halides is 1. The summed E-state index contributed by atoms with van der Waals surface area (Å²) >= 11 is 0. The number of carbonyl (C=O) groups is 6. The summed E-state index contributed by atoms with van der Waals surface area (Å²) < 4.78 is 20.1. The Morgan fingerprint density at radius 1 is 0.956 bits per heavy atom. The highest BCUT2D eigenvalue weighted by Gasteiger charge is 2.54. The van der Waals surface area contributed by atoms with E-state index in [9.17, 15) is 38.3 Å². The molecule has 0 radical (unpaired) electrons. The number of ketones is 1. The highest BCUT2D eigenvalue weighted by atomic mass is 19.1. The van der Waals surface area contributed by atoms with Crippen LogP contribution in [0.15, 0.2) is 30.3 Å². The van der Waals surface area contributed by atoms with Crippen LogP contribution in [0.1, 0.15) is 65.9 Å². The molecular formula is C32H45FN4O8. The molecule has 1 heterocycles. The highest BCUT2D eigenvalue weighted by molar-refractivity contribution is 6.38. The molecule has 2 aliphatic rings. The van der Waals surface area contributed by atoms with Crippen molar-refractivity contribution in [3.05, 3.63) is 35.9 Å². The molecule has 248 valence electrons. The molecule has 13 heteroatoms. The van der Waals surface area contributed by atoms with E-state index in [1.54, 1.807) is 65.0 Å². The third-order valence-corrected chi connectivity index (χ3v) is 8.36. The van der Waals surface area contributed by atoms with Crippen molar-refractivity contribution in [2.45, 2.75) is 103 Å². The quantitative estimate of drug-likeness (QED) is 0.227. The number of Topliss-reactive ketones (excluding diaryl/α,β-unsaturated/α-hetero) is 1. The smallest absolute Gasteiger partial charge is 0.408 e. The Morgan fingerprint density at radius 2 is 1.62 bits per heavy atom. The van der Waals surface area contributed by atoms with Crippen LogP contribution in [0.4, 0.5) is 9.18 Å². The van der Waals surface area contributed by atoms with Crippen molar-refractivity contribution in [2.24, 2.45) is 17.8 Å². The average Bonchev–Trinajstić information content (AvgIpc) is 3.53. The molecule has 0 aromatic heterocycles. The second-order valence-electron chi connectivity index (χ2n) is 12.4. The molecule has 2 fully saturated rings. The fourth-order valence-corrected chi connectivity index (χ4v) is 6.14. The molecule has 4 amide bonds. The molecule has 1 saturated heterocycles. The number of likely N-dealkylation sites (tertiary alicyclic amines) is 1. The van der Waals surface area contributed by atoms with Gasteiger partial charge in [-0.05, 0) is 50.5 Å². The Kier molecular flexibility index (Phi) is 12.5. The van der Waals surface area contributed by atoms with Crippen LogP contribution in [0.3, 0.4) is 0 Å². The average molecular weight is 633 g/mol. The van der Waals surface area contributed by atoms with Gasteiger partial charge < -0.3 is 30.7 Å². The Bertz CT molecular complexity index is 1240. The zero-order valence-electron chi connectivity index (χ0n) is 26.5. The summed E-state index contributed by atoms with van der Waals surface area (Å²) in [5.74, 6) is -6.30. The Labute approximate surface area is 262 Å². The number of halogens is 1. The summed E-state index contributed by atoms with van der Waals surface area (Å²) in [4.78, 5) is 79.4. The number of benzene rings is 1. The number of carbonyl (C=O) groups excluding carboxylic acids is 5. The van der Waals surface area contributed by atoms with Gasteiger partial charge >= 0.3 is 12.1 Å². The number of nitrogens with zero attached hydrogens (tertiary/aromatic N) is 1. The normalized spacial score (nSPS) is 22.7. The fourth-order valence-electron chi connectivity index (χ4n) is 6.14. The predicted octanol–water partition coefficient (Wildman–Crippen LogP) is 2.39. The van der Waals surface area contributed by atoms with E-state index in [1.807, 2.05) is 0 Å². The maximum Gasteiger partial charge on any atom is 0.408 e. The van der Waals surface area contributed by atoms with Gasteiger partial charge in [-0.15, -0.1) is 0 Å². The minimum absolute atomic E-state index is 0.0421. The first-order chi connectivity index (χ1) is 21.2. The first-order valence-electron chi connectivity index (χ1n) is 15.6. The first kappa shape index (κ1) is 35.4. The van der Waals surface area contributed by atoms with Gasteiger partial charge in [0, 0.05) is 18.9 Å². The van der Waals surface area contributed by atoms with Crippen LogP contribution < -0.4 is 16.0 Å².